The van der Waals surface area contributed by atoms with Crippen LogP contribution in [0.3, 0.4) is 0 Å². The Morgan fingerprint density at radius 3 is 2.59 bits per heavy atom. The van der Waals surface area contributed by atoms with Crippen LogP contribution in [-0.2, 0) is 22.3 Å². The van der Waals surface area contributed by atoms with Gasteiger partial charge in [0.15, 0.2) is 10.0 Å². The number of nitrogens with zero attached hydrogens (tertiary/aromatic N) is 4. The van der Waals surface area contributed by atoms with Gasteiger partial charge < -0.3 is 19.5 Å². The van der Waals surface area contributed by atoms with Crippen LogP contribution in [-0.4, -0.2) is 51.4 Å². The summed E-state index contributed by atoms with van der Waals surface area (Å²) < 4.78 is 54.6. The molecule has 1 atom stereocenters. The van der Waals surface area contributed by atoms with Gasteiger partial charge in [-0.05, 0) is 25.7 Å². The van der Waals surface area contributed by atoms with Crippen molar-refractivity contribution < 1.29 is 32.2 Å². The number of aromatic nitrogens is 4. The Hall–Kier alpha value is -2.25. The first kappa shape index (κ1) is 24.4. The number of ether oxygens (including phenoxy) is 3. The molecule has 3 rings (SSSR count). The Kier molecular flexibility index (Phi) is 8.06. The van der Waals surface area contributed by atoms with Crippen molar-refractivity contribution in [1.29, 1.82) is 0 Å². The smallest absolute Gasteiger partial charge is 0.445 e. The van der Waals surface area contributed by atoms with Gasteiger partial charge in [-0.25, -0.2) is 9.97 Å². The zero-order chi connectivity index (χ0) is 23.3. The number of amides is 1. The summed E-state index contributed by atoms with van der Waals surface area (Å²) in [4.78, 5) is 18.9. The molecule has 0 aliphatic heterocycles. The van der Waals surface area contributed by atoms with Gasteiger partial charge in [-0.3, -0.25) is 4.79 Å². The molecule has 1 amide bonds. The maximum absolute atomic E-state index is 12.6. The summed E-state index contributed by atoms with van der Waals surface area (Å²) in [7, 11) is 0. The molecule has 9 nitrogen and oxygen atoms in total. The SMILES string of the molecule is CC(=O)N[C@@H](C)CO[C@H]1C[C@H](COc2ncnc(OCc3nnc(C(F)(F)F)s3)c2Cl)C1. The summed E-state index contributed by atoms with van der Waals surface area (Å²) in [6, 6.07) is -0.0544. The molecule has 14 heteroatoms. The fourth-order valence-corrected chi connectivity index (χ4v) is 3.74. The predicted octanol–water partition coefficient (Wildman–Crippen LogP) is 3.28. The van der Waals surface area contributed by atoms with Crippen LogP contribution in [0.1, 0.15) is 36.7 Å². The van der Waals surface area contributed by atoms with E-state index >= 15 is 0 Å². The summed E-state index contributed by atoms with van der Waals surface area (Å²) in [5.74, 6) is 0.254. The number of hydrogen-bond donors (Lipinski definition) is 1. The highest BCUT2D eigenvalue weighted by atomic mass is 35.5. The van der Waals surface area contributed by atoms with Crippen LogP contribution in [0.15, 0.2) is 6.33 Å². The van der Waals surface area contributed by atoms with E-state index in [0.29, 0.717) is 24.6 Å². The summed E-state index contributed by atoms with van der Waals surface area (Å²) in [6.45, 7) is 3.86. The molecule has 1 N–H and O–H groups in total. The average Bonchev–Trinajstić information content (AvgIpc) is 3.15. The second-order valence-electron chi connectivity index (χ2n) is 7.29. The van der Waals surface area contributed by atoms with Gasteiger partial charge in [0.05, 0.1) is 19.3 Å². The Morgan fingerprint density at radius 2 is 1.97 bits per heavy atom. The maximum atomic E-state index is 12.6. The summed E-state index contributed by atoms with van der Waals surface area (Å²) >= 11 is 6.59. The van der Waals surface area contributed by atoms with E-state index in [-0.39, 0.29) is 52.4 Å². The number of halogens is 4. The van der Waals surface area contributed by atoms with Crippen LogP contribution in [0, 0.1) is 5.92 Å². The van der Waals surface area contributed by atoms with E-state index in [0.717, 1.165) is 12.8 Å². The van der Waals surface area contributed by atoms with E-state index in [1.165, 1.54) is 13.3 Å². The molecule has 0 bridgehead atoms. The number of rotatable bonds is 10. The molecule has 0 spiro atoms. The first-order chi connectivity index (χ1) is 15.1. The largest absolute Gasteiger partial charge is 0.476 e. The van der Waals surface area contributed by atoms with Crippen molar-refractivity contribution in [2.45, 2.75) is 51.6 Å². The van der Waals surface area contributed by atoms with Gasteiger partial charge >= 0.3 is 6.18 Å². The van der Waals surface area contributed by atoms with Crippen LogP contribution in [0.2, 0.25) is 5.02 Å². The minimum atomic E-state index is -4.56. The quantitative estimate of drug-likeness (QED) is 0.535. The van der Waals surface area contributed by atoms with Crippen LogP contribution >= 0.6 is 22.9 Å². The molecular formula is C18H21ClF3N5O4S. The highest BCUT2D eigenvalue weighted by Crippen LogP contribution is 2.35. The number of carbonyl (C=O) groups excluding carboxylic acids is 1. The van der Waals surface area contributed by atoms with Gasteiger partial charge in [-0.15, -0.1) is 10.2 Å². The zero-order valence-electron chi connectivity index (χ0n) is 17.2. The van der Waals surface area contributed by atoms with Crippen molar-refractivity contribution in [3.8, 4) is 11.8 Å². The highest BCUT2D eigenvalue weighted by Gasteiger charge is 2.35. The first-order valence-corrected chi connectivity index (χ1v) is 10.9. The minimum absolute atomic E-state index is 0.0179. The normalized spacial score (nSPS) is 19.2. The molecule has 2 aromatic rings. The van der Waals surface area contributed by atoms with E-state index in [9.17, 15) is 18.0 Å². The summed E-state index contributed by atoms with van der Waals surface area (Å²) in [6.07, 6.45) is -1.66. The molecule has 1 fully saturated rings. The average molecular weight is 496 g/mol. The molecule has 1 aliphatic carbocycles. The van der Waals surface area contributed by atoms with Crippen molar-refractivity contribution in [3.05, 3.63) is 21.4 Å². The first-order valence-electron chi connectivity index (χ1n) is 9.66. The van der Waals surface area contributed by atoms with Gasteiger partial charge in [-0.2, -0.15) is 13.2 Å². The topological polar surface area (TPSA) is 108 Å². The van der Waals surface area contributed by atoms with Gasteiger partial charge in [0, 0.05) is 13.0 Å². The van der Waals surface area contributed by atoms with Crippen LogP contribution in [0.5, 0.6) is 11.8 Å². The maximum Gasteiger partial charge on any atom is 0.445 e. The number of nitrogens with one attached hydrogen (secondary N) is 1. The molecular weight excluding hydrogens is 475 g/mol. The monoisotopic (exact) mass is 495 g/mol. The molecule has 1 aliphatic rings. The Bertz CT molecular complexity index is 926. The van der Waals surface area contributed by atoms with E-state index in [2.05, 4.69) is 25.5 Å². The lowest BCUT2D eigenvalue weighted by Gasteiger charge is -2.35. The minimum Gasteiger partial charge on any atom is -0.476 e. The van der Waals surface area contributed by atoms with E-state index in [1.807, 2.05) is 6.92 Å². The van der Waals surface area contributed by atoms with E-state index in [4.69, 9.17) is 25.8 Å². The second kappa shape index (κ2) is 10.6. The third-order valence-electron chi connectivity index (χ3n) is 4.45. The molecule has 1 saturated carbocycles. The van der Waals surface area contributed by atoms with Gasteiger partial charge in [0.2, 0.25) is 22.7 Å². The zero-order valence-corrected chi connectivity index (χ0v) is 18.8. The molecule has 2 aromatic heterocycles. The number of carbonyl (C=O) groups is 1. The Labute approximate surface area is 190 Å². The predicted molar refractivity (Wildman–Crippen MR) is 108 cm³/mol. The Morgan fingerprint density at radius 1 is 1.28 bits per heavy atom. The second-order valence-corrected chi connectivity index (χ2v) is 8.73. The lowest BCUT2D eigenvalue weighted by molar-refractivity contribution is -0.138. The van der Waals surface area contributed by atoms with Gasteiger partial charge in [-0.1, -0.05) is 22.9 Å². The number of alkyl halides is 3. The fourth-order valence-electron chi connectivity index (χ4n) is 2.91. The number of hydrogen-bond acceptors (Lipinski definition) is 9. The van der Waals surface area contributed by atoms with Crippen LogP contribution < -0.4 is 14.8 Å². The molecule has 2 heterocycles. The van der Waals surface area contributed by atoms with E-state index < -0.39 is 11.2 Å². The van der Waals surface area contributed by atoms with Crippen LogP contribution in [0.25, 0.3) is 0 Å². The lowest BCUT2D eigenvalue weighted by Crippen LogP contribution is -2.40. The standard InChI is InChI=1S/C18H21ClF3N5O4S/c1-9(25-10(2)28)5-29-12-3-11(4-12)6-30-15-14(19)16(24-8-23-15)31-7-13-26-27-17(32-13)18(20,21)22/h8-9,11-12H,3-7H2,1-2H3,(H,25,28)/t9-,11-,12-/m0/s1. The third kappa shape index (κ3) is 6.87. The van der Waals surface area contributed by atoms with Crippen molar-refractivity contribution in [3.63, 3.8) is 0 Å². The molecule has 176 valence electrons. The fraction of sp³-hybridized carbons (Fsp3) is 0.611. The molecule has 0 saturated heterocycles. The molecule has 0 unspecified atom stereocenters. The van der Waals surface area contributed by atoms with Crippen molar-refractivity contribution in [1.82, 2.24) is 25.5 Å². The summed E-state index contributed by atoms with van der Waals surface area (Å²) in [5, 5.41) is 8.29. The highest BCUT2D eigenvalue weighted by molar-refractivity contribution is 7.11. The van der Waals surface area contributed by atoms with Crippen LogP contribution in [0.4, 0.5) is 13.2 Å². The molecule has 0 aromatic carbocycles. The lowest BCUT2D eigenvalue weighted by atomic mass is 9.83. The van der Waals surface area contributed by atoms with Gasteiger partial charge in [0.1, 0.15) is 12.9 Å². The molecule has 32 heavy (non-hydrogen) atoms. The summed E-state index contributed by atoms with van der Waals surface area (Å²) in [5.41, 5.74) is 0. The Balaban J connectivity index is 1.42. The van der Waals surface area contributed by atoms with Gasteiger partial charge in [0.25, 0.3) is 0 Å². The van der Waals surface area contributed by atoms with Crippen molar-refractivity contribution in [2.75, 3.05) is 13.2 Å². The van der Waals surface area contributed by atoms with E-state index in [1.54, 1.807) is 0 Å². The third-order valence-corrected chi connectivity index (χ3v) is 5.71. The molecule has 0 radical (unpaired) electrons. The van der Waals surface area contributed by atoms with Crippen molar-refractivity contribution >= 4 is 28.8 Å². The van der Waals surface area contributed by atoms with Crippen molar-refractivity contribution in [2.24, 2.45) is 5.92 Å².